The zero-order valence-corrected chi connectivity index (χ0v) is 13.5. The van der Waals surface area contributed by atoms with E-state index in [-0.39, 0.29) is 12.1 Å². The summed E-state index contributed by atoms with van der Waals surface area (Å²) in [6.45, 7) is 1.23. The van der Waals surface area contributed by atoms with Crippen molar-refractivity contribution in [2.75, 3.05) is 18.4 Å². The summed E-state index contributed by atoms with van der Waals surface area (Å²) in [6, 6.07) is 13.1. The van der Waals surface area contributed by atoms with Gasteiger partial charge in [0.15, 0.2) is 0 Å². The molecule has 6 heteroatoms. The molecular weight excluding hydrogens is 346 g/mol. The predicted molar refractivity (Wildman–Crippen MR) is 88.0 cm³/mol. The minimum Gasteiger partial charge on any atom is -0.472 e. The van der Waals surface area contributed by atoms with E-state index in [1.165, 1.54) is 0 Å². The summed E-state index contributed by atoms with van der Waals surface area (Å²) in [4.78, 5) is 18.2. The molecule has 1 aromatic heterocycles. The van der Waals surface area contributed by atoms with Gasteiger partial charge in [-0.2, -0.15) is 0 Å². The molecule has 1 atom stereocenters. The number of para-hydroxylation sites is 1. The smallest absolute Gasteiger partial charge is 0.321 e. The summed E-state index contributed by atoms with van der Waals surface area (Å²) in [5.74, 6) is 0.567. The van der Waals surface area contributed by atoms with Crippen LogP contribution < -0.4 is 10.1 Å². The van der Waals surface area contributed by atoms with Crippen LogP contribution in [0.2, 0.25) is 0 Å². The Morgan fingerprint density at radius 3 is 2.86 bits per heavy atom. The summed E-state index contributed by atoms with van der Waals surface area (Å²) in [6.07, 6.45) is 2.45. The lowest BCUT2D eigenvalue weighted by molar-refractivity contribution is 0.189. The lowest BCUT2D eigenvalue weighted by Gasteiger charge is -2.18. The molecule has 0 bridgehead atoms. The molecule has 0 spiro atoms. The number of benzene rings is 1. The molecule has 2 aromatic rings. The second kappa shape index (κ2) is 6.79. The largest absolute Gasteiger partial charge is 0.472 e. The fourth-order valence-corrected chi connectivity index (χ4v) is 2.70. The molecule has 0 saturated carbocycles. The molecule has 1 aliphatic heterocycles. The van der Waals surface area contributed by atoms with Crippen molar-refractivity contribution >= 4 is 27.6 Å². The molecule has 1 N–H and O–H groups in total. The molecule has 1 aromatic carbocycles. The van der Waals surface area contributed by atoms with Gasteiger partial charge in [-0.15, -0.1) is 0 Å². The number of halogens is 1. The first-order valence-corrected chi connectivity index (χ1v) is 7.90. The summed E-state index contributed by atoms with van der Waals surface area (Å²) in [5, 5.41) is 2.89. The molecule has 22 heavy (non-hydrogen) atoms. The highest BCUT2D eigenvalue weighted by molar-refractivity contribution is 9.10. The Labute approximate surface area is 137 Å². The van der Waals surface area contributed by atoms with E-state index in [2.05, 4.69) is 26.2 Å². The first-order chi connectivity index (χ1) is 10.7. The van der Waals surface area contributed by atoms with Gasteiger partial charge >= 0.3 is 6.03 Å². The van der Waals surface area contributed by atoms with E-state index >= 15 is 0 Å². The zero-order valence-electron chi connectivity index (χ0n) is 11.9. The van der Waals surface area contributed by atoms with Crippen LogP contribution >= 0.6 is 15.9 Å². The number of nitrogens with one attached hydrogen (secondary N) is 1. The molecule has 1 saturated heterocycles. The minimum absolute atomic E-state index is 0.0345. The van der Waals surface area contributed by atoms with Gasteiger partial charge in [-0.1, -0.05) is 18.2 Å². The van der Waals surface area contributed by atoms with Crippen LogP contribution in [0.5, 0.6) is 5.88 Å². The highest BCUT2D eigenvalue weighted by Gasteiger charge is 2.28. The number of ether oxygens (including phenoxy) is 1. The van der Waals surface area contributed by atoms with E-state index in [1.807, 2.05) is 42.5 Å². The number of pyridine rings is 1. The predicted octanol–water partition coefficient (Wildman–Crippen LogP) is 3.53. The third-order valence-corrected chi connectivity index (χ3v) is 4.06. The van der Waals surface area contributed by atoms with Gasteiger partial charge in [-0.3, -0.25) is 0 Å². The molecule has 5 nitrogen and oxygen atoms in total. The van der Waals surface area contributed by atoms with Crippen molar-refractivity contribution in [1.82, 2.24) is 9.88 Å². The Morgan fingerprint density at radius 2 is 2.09 bits per heavy atom. The summed E-state index contributed by atoms with van der Waals surface area (Å²) in [5.41, 5.74) is 0.796. The molecule has 0 radical (unpaired) electrons. The number of carbonyl (C=O) groups excluding carboxylic acids is 1. The first-order valence-electron chi connectivity index (χ1n) is 7.10. The highest BCUT2D eigenvalue weighted by Crippen LogP contribution is 2.24. The zero-order chi connectivity index (χ0) is 15.4. The topological polar surface area (TPSA) is 54.5 Å². The molecule has 2 heterocycles. The van der Waals surface area contributed by atoms with Crippen LogP contribution in [0.4, 0.5) is 10.5 Å². The fraction of sp³-hybridized carbons (Fsp3) is 0.250. The average molecular weight is 362 g/mol. The number of likely N-dealkylation sites (tertiary alicyclic amines) is 1. The van der Waals surface area contributed by atoms with Crippen LogP contribution in [-0.2, 0) is 0 Å². The van der Waals surface area contributed by atoms with Crippen LogP contribution in [0.25, 0.3) is 0 Å². The van der Waals surface area contributed by atoms with Gasteiger partial charge in [0.05, 0.1) is 11.0 Å². The number of hydrogen-bond donors (Lipinski definition) is 1. The number of urea groups is 1. The van der Waals surface area contributed by atoms with Gasteiger partial charge in [0.2, 0.25) is 5.88 Å². The molecule has 1 aliphatic rings. The van der Waals surface area contributed by atoms with Gasteiger partial charge in [-0.25, -0.2) is 9.78 Å². The normalized spacial score (nSPS) is 17.3. The maximum absolute atomic E-state index is 12.2. The van der Waals surface area contributed by atoms with Gasteiger partial charge in [-0.05, 0) is 40.2 Å². The number of anilines is 1. The van der Waals surface area contributed by atoms with Gasteiger partial charge < -0.3 is 15.0 Å². The third kappa shape index (κ3) is 3.57. The standard InChI is InChI=1S/C16H16BrN3O2/c17-14-7-4-9-18-15(14)22-13-8-10-20(11-13)16(21)19-12-5-2-1-3-6-12/h1-7,9,13H,8,10-11H2,(H,19,21). The Balaban J connectivity index is 1.56. The lowest BCUT2D eigenvalue weighted by Crippen LogP contribution is -2.34. The monoisotopic (exact) mass is 361 g/mol. The van der Waals surface area contributed by atoms with Crippen LogP contribution in [0, 0.1) is 0 Å². The van der Waals surface area contributed by atoms with Crippen molar-refractivity contribution in [3.63, 3.8) is 0 Å². The van der Waals surface area contributed by atoms with Crippen LogP contribution in [-0.4, -0.2) is 35.1 Å². The summed E-state index contributed by atoms with van der Waals surface area (Å²) < 4.78 is 6.68. The SMILES string of the molecule is O=C(Nc1ccccc1)N1CCC(Oc2ncccc2Br)C1. The quantitative estimate of drug-likeness (QED) is 0.909. The maximum Gasteiger partial charge on any atom is 0.321 e. The minimum atomic E-state index is -0.0996. The Kier molecular flexibility index (Phi) is 4.58. The third-order valence-electron chi connectivity index (χ3n) is 3.46. The van der Waals surface area contributed by atoms with Crippen molar-refractivity contribution < 1.29 is 9.53 Å². The molecule has 114 valence electrons. The second-order valence-corrected chi connectivity index (χ2v) is 5.92. The molecule has 1 unspecified atom stereocenters. The van der Waals surface area contributed by atoms with E-state index < -0.39 is 0 Å². The number of hydrogen-bond acceptors (Lipinski definition) is 3. The Morgan fingerprint density at radius 1 is 1.27 bits per heavy atom. The number of nitrogens with zero attached hydrogens (tertiary/aromatic N) is 2. The van der Waals surface area contributed by atoms with E-state index in [4.69, 9.17) is 4.74 Å². The van der Waals surface area contributed by atoms with Crippen LogP contribution in [0.15, 0.2) is 53.1 Å². The maximum atomic E-state index is 12.2. The van der Waals surface area contributed by atoms with Crippen molar-refractivity contribution in [2.45, 2.75) is 12.5 Å². The lowest BCUT2D eigenvalue weighted by atomic mass is 10.3. The second-order valence-electron chi connectivity index (χ2n) is 5.06. The fourth-order valence-electron chi connectivity index (χ4n) is 2.35. The number of carbonyl (C=O) groups is 1. The molecule has 0 aliphatic carbocycles. The first kappa shape index (κ1) is 14.8. The highest BCUT2D eigenvalue weighted by atomic mass is 79.9. The van der Waals surface area contributed by atoms with E-state index in [0.717, 1.165) is 16.6 Å². The van der Waals surface area contributed by atoms with E-state index in [1.54, 1.807) is 11.1 Å². The van der Waals surface area contributed by atoms with Crippen molar-refractivity contribution in [3.05, 3.63) is 53.1 Å². The van der Waals surface area contributed by atoms with Gasteiger partial charge in [0.1, 0.15) is 6.10 Å². The van der Waals surface area contributed by atoms with Gasteiger partial charge in [0.25, 0.3) is 0 Å². The van der Waals surface area contributed by atoms with Crippen molar-refractivity contribution in [1.29, 1.82) is 0 Å². The molecule has 2 amide bonds. The average Bonchev–Trinajstić information content (AvgIpc) is 2.99. The summed E-state index contributed by atoms with van der Waals surface area (Å²) >= 11 is 3.41. The van der Waals surface area contributed by atoms with Crippen molar-refractivity contribution in [3.8, 4) is 5.88 Å². The Hall–Kier alpha value is -2.08. The van der Waals surface area contributed by atoms with E-state index in [9.17, 15) is 4.79 Å². The number of amides is 2. The van der Waals surface area contributed by atoms with Gasteiger partial charge in [0, 0.05) is 24.8 Å². The van der Waals surface area contributed by atoms with Crippen LogP contribution in [0.3, 0.4) is 0 Å². The van der Waals surface area contributed by atoms with E-state index in [0.29, 0.717) is 19.0 Å². The molecule has 1 fully saturated rings. The Bertz CT molecular complexity index is 651. The number of rotatable bonds is 3. The summed E-state index contributed by atoms with van der Waals surface area (Å²) in [7, 11) is 0. The van der Waals surface area contributed by atoms with Crippen LogP contribution in [0.1, 0.15) is 6.42 Å². The van der Waals surface area contributed by atoms with Crippen molar-refractivity contribution in [2.24, 2.45) is 0 Å². The molecular formula is C16H16BrN3O2. The number of aromatic nitrogens is 1. The molecule has 3 rings (SSSR count).